The van der Waals surface area contributed by atoms with Gasteiger partial charge in [-0.2, -0.15) is 0 Å². The Kier molecular flexibility index (Phi) is 2.51. The molecule has 1 aromatic carbocycles. The third-order valence-electron chi connectivity index (χ3n) is 2.39. The summed E-state index contributed by atoms with van der Waals surface area (Å²) >= 11 is 0. The predicted octanol–water partition coefficient (Wildman–Crippen LogP) is 1.38. The molecule has 2 aromatic rings. The Balaban J connectivity index is 2.77. The van der Waals surface area contributed by atoms with Crippen molar-refractivity contribution in [1.29, 1.82) is 0 Å². The van der Waals surface area contributed by atoms with Crippen LogP contribution in [0.2, 0.25) is 0 Å². The summed E-state index contributed by atoms with van der Waals surface area (Å²) in [6, 6.07) is 3.95. The number of hydrogen-bond acceptors (Lipinski definition) is 3. The molecule has 0 saturated carbocycles. The molecule has 1 heterocycles. The normalized spacial score (nSPS) is 10.8. The SMILES string of the molecule is COCc1ccc(C)c2cnc(=O)[nH]c12. The van der Waals surface area contributed by atoms with Crippen molar-refractivity contribution in [2.75, 3.05) is 7.11 Å². The van der Waals surface area contributed by atoms with Crippen LogP contribution in [0.15, 0.2) is 23.1 Å². The molecule has 0 atom stereocenters. The van der Waals surface area contributed by atoms with Crippen molar-refractivity contribution in [3.8, 4) is 0 Å². The van der Waals surface area contributed by atoms with Crippen molar-refractivity contribution < 1.29 is 4.74 Å². The van der Waals surface area contributed by atoms with Crippen LogP contribution in [0.25, 0.3) is 10.9 Å². The van der Waals surface area contributed by atoms with E-state index in [-0.39, 0.29) is 5.69 Å². The summed E-state index contributed by atoms with van der Waals surface area (Å²) in [5.41, 5.74) is 2.55. The summed E-state index contributed by atoms with van der Waals surface area (Å²) in [4.78, 5) is 17.6. The first-order valence-electron chi connectivity index (χ1n) is 4.69. The minimum atomic E-state index is -0.328. The van der Waals surface area contributed by atoms with Crippen LogP contribution >= 0.6 is 0 Å². The third-order valence-corrected chi connectivity index (χ3v) is 2.39. The van der Waals surface area contributed by atoms with Gasteiger partial charge in [0.15, 0.2) is 0 Å². The van der Waals surface area contributed by atoms with E-state index in [0.717, 1.165) is 22.0 Å². The van der Waals surface area contributed by atoms with Gasteiger partial charge < -0.3 is 9.72 Å². The summed E-state index contributed by atoms with van der Waals surface area (Å²) in [7, 11) is 1.63. The van der Waals surface area contributed by atoms with Crippen molar-refractivity contribution in [2.45, 2.75) is 13.5 Å². The van der Waals surface area contributed by atoms with E-state index in [0.29, 0.717) is 6.61 Å². The molecular formula is C11H12N2O2. The van der Waals surface area contributed by atoms with Crippen LogP contribution in [0.1, 0.15) is 11.1 Å². The zero-order valence-electron chi connectivity index (χ0n) is 8.70. The number of ether oxygens (including phenoxy) is 1. The highest BCUT2D eigenvalue weighted by Crippen LogP contribution is 2.18. The van der Waals surface area contributed by atoms with Crippen LogP contribution in [0.3, 0.4) is 0 Å². The lowest BCUT2D eigenvalue weighted by Gasteiger charge is -2.06. The van der Waals surface area contributed by atoms with Crippen molar-refractivity contribution in [3.05, 3.63) is 39.9 Å². The molecule has 0 saturated heterocycles. The molecule has 0 aliphatic rings. The standard InChI is InChI=1S/C11H12N2O2/c1-7-3-4-8(6-15-2)10-9(7)5-12-11(14)13-10/h3-5H,6H2,1-2H3,(H,12,13,14). The number of aromatic amines is 1. The molecule has 78 valence electrons. The smallest absolute Gasteiger partial charge is 0.345 e. The Hall–Kier alpha value is -1.68. The molecule has 1 N–H and O–H groups in total. The maximum Gasteiger partial charge on any atom is 0.345 e. The van der Waals surface area contributed by atoms with Crippen molar-refractivity contribution in [3.63, 3.8) is 0 Å². The van der Waals surface area contributed by atoms with Crippen LogP contribution in [0.4, 0.5) is 0 Å². The van der Waals surface area contributed by atoms with E-state index in [9.17, 15) is 4.79 Å². The first kappa shape index (κ1) is 9.86. The topological polar surface area (TPSA) is 55.0 Å². The summed E-state index contributed by atoms with van der Waals surface area (Å²) in [5.74, 6) is 0. The van der Waals surface area contributed by atoms with E-state index in [1.54, 1.807) is 13.3 Å². The van der Waals surface area contributed by atoms with Gasteiger partial charge in [-0.05, 0) is 12.5 Å². The molecule has 1 aromatic heterocycles. The maximum atomic E-state index is 11.1. The highest BCUT2D eigenvalue weighted by Gasteiger charge is 2.04. The second-order valence-corrected chi connectivity index (χ2v) is 3.45. The summed E-state index contributed by atoms with van der Waals surface area (Å²) in [6.07, 6.45) is 1.60. The average Bonchev–Trinajstić information content (AvgIpc) is 2.22. The van der Waals surface area contributed by atoms with Gasteiger partial charge in [-0.25, -0.2) is 9.78 Å². The minimum Gasteiger partial charge on any atom is -0.380 e. The first-order valence-corrected chi connectivity index (χ1v) is 4.69. The molecule has 0 aliphatic carbocycles. The molecule has 0 unspecified atom stereocenters. The predicted molar refractivity (Wildman–Crippen MR) is 57.8 cm³/mol. The molecule has 0 fully saturated rings. The Morgan fingerprint density at radius 3 is 3.00 bits per heavy atom. The first-order chi connectivity index (χ1) is 7.22. The van der Waals surface area contributed by atoms with Gasteiger partial charge in [-0.1, -0.05) is 12.1 Å². The van der Waals surface area contributed by atoms with Crippen molar-refractivity contribution in [1.82, 2.24) is 9.97 Å². The highest BCUT2D eigenvalue weighted by atomic mass is 16.5. The second kappa shape index (κ2) is 3.82. The van der Waals surface area contributed by atoms with Crippen LogP contribution in [0.5, 0.6) is 0 Å². The van der Waals surface area contributed by atoms with Gasteiger partial charge in [0.25, 0.3) is 0 Å². The largest absolute Gasteiger partial charge is 0.380 e. The summed E-state index contributed by atoms with van der Waals surface area (Å²) in [6.45, 7) is 2.47. The lowest BCUT2D eigenvalue weighted by atomic mass is 10.1. The van der Waals surface area contributed by atoms with Gasteiger partial charge in [0.1, 0.15) is 0 Å². The number of aromatic nitrogens is 2. The van der Waals surface area contributed by atoms with Gasteiger partial charge in [-0.3, -0.25) is 0 Å². The number of hydrogen-bond donors (Lipinski definition) is 1. The number of nitrogens with zero attached hydrogens (tertiary/aromatic N) is 1. The van der Waals surface area contributed by atoms with Crippen LogP contribution in [0, 0.1) is 6.92 Å². The molecule has 0 spiro atoms. The highest BCUT2D eigenvalue weighted by molar-refractivity contribution is 5.83. The maximum absolute atomic E-state index is 11.1. The zero-order chi connectivity index (χ0) is 10.8. The van der Waals surface area contributed by atoms with Gasteiger partial charge in [0, 0.05) is 24.3 Å². The lowest BCUT2D eigenvalue weighted by molar-refractivity contribution is 0.186. The Morgan fingerprint density at radius 2 is 2.27 bits per heavy atom. The molecule has 4 heteroatoms. The Labute approximate surface area is 86.9 Å². The fourth-order valence-corrected chi connectivity index (χ4v) is 1.62. The second-order valence-electron chi connectivity index (χ2n) is 3.45. The zero-order valence-corrected chi connectivity index (χ0v) is 8.70. The molecule has 4 nitrogen and oxygen atoms in total. The summed E-state index contributed by atoms with van der Waals surface area (Å²) in [5, 5.41) is 0.962. The van der Waals surface area contributed by atoms with E-state index in [1.807, 2.05) is 19.1 Å². The minimum absolute atomic E-state index is 0.328. The monoisotopic (exact) mass is 204 g/mol. The van der Waals surface area contributed by atoms with Crippen LogP contribution in [-0.2, 0) is 11.3 Å². The fourth-order valence-electron chi connectivity index (χ4n) is 1.62. The fraction of sp³-hybridized carbons (Fsp3) is 0.273. The number of nitrogens with one attached hydrogen (secondary N) is 1. The number of aryl methyl sites for hydroxylation is 1. The Bertz CT molecular complexity index is 546. The quantitative estimate of drug-likeness (QED) is 0.804. The molecule has 0 aliphatic heterocycles. The van der Waals surface area contributed by atoms with Crippen molar-refractivity contribution >= 4 is 10.9 Å². The Morgan fingerprint density at radius 1 is 1.47 bits per heavy atom. The van der Waals surface area contributed by atoms with Crippen LogP contribution in [-0.4, -0.2) is 17.1 Å². The van der Waals surface area contributed by atoms with Gasteiger partial charge in [-0.15, -0.1) is 0 Å². The van der Waals surface area contributed by atoms with Gasteiger partial charge in [0.2, 0.25) is 0 Å². The van der Waals surface area contributed by atoms with E-state index in [1.165, 1.54) is 0 Å². The molecule has 0 bridgehead atoms. The van der Waals surface area contributed by atoms with E-state index >= 15 is 0 Å². The number of methoxy groups -OCH3 is 1. The molecule has 2 rings (SSSR count). The van der Waals surface area contributed by atoms with Crippen molar-refractivity contribution in [2.24, 2.45) is 0 Å². The van der Waals surface area contributed by atoms with Gasteiger partial charge in [0.05, 0.1) is 12.1 Å². The number of fused-ring (bicyclic) bond motifs is 1. The summed E-state index contributed by atoms with van der Waals surface area (Å²) < 4.78 is 5.07. The number of rotatable bonds is 2. The number of H-pyrrole nitrogens is 1. The number of benzene rings is 1. The third kappa shape index (κ3) is 1.76. The molecule has 0 radical (unpaired) electrons. The van der Waals surface area contributed by atoms with Gasteiger partial charge >= 0.3 is 5.69 Å². The molecule has 15 heavy (non-hydrogen) atoms. The van der Waals surface area contributed by atoms with Crippen LogP contribution < -0.4 is 5.69 Å². The molecule has 0 amide bonds. The van der Waals surface area contributed by atoms with E-state index in [2.05, 4.69) is 9.97 Å². The van der Waals surface area contributed by atoms with E-state index in [4.69, 9.17) is 4.74 Å². The van der Waals surface area contributed by atoms with E-state index < -0.39 is 0 Å². The average molecular weight is 204 g/mol. The molecular weight excluding hydrogens is 192 g/mol. The lowest BCUT2D eigenvalue weighted by Crippen LogP contribution is -2.10.